The van der Waals surface area contributed by atoms with E-state index in [1.807, 2.05) is 29.9 Å². The Kier molecular flexibility index (Phi) is 3.40. The van der Waals surface area contributed by atoms with E-state index in [-0.39, 0.29) is 0 Å². The number of nitrogens with one attached hydrogen (secondary N) is 1. The summed E-state index contributed by atoms with van der Waals surface area (Å²) < 4.78 is 4.63. The van der Waals surface area contributed by atoms with Gasteiger partial charge in [-0.05, 0) is 36.8 Å². The number of aryl methyl sites for hydroxylation is 2. The average molecular weight is 307 g/mol. The molecule has 0 spiro atoms. The lowest BCUT2D eigenvalue weighted by atomic mass is 10.2. The third-order valence-electron chi connectivity index (χ3n) is 3.39. The molecule has 2 aromatic heterocycles. The maximum absolute atomic E-state index is 6.01. The second kappa shape index (κ2) is 5.07. The van der Waals surface area contributed by atoms with E-state index in [1.54, 1.807) is 0 Å². The van der Waals surface area contributed by atoms with Crippen LogP contribution in [0.25, 0.3) is 11.0 Å². The smallest absolute Gasteiger partial charge is 0.178 e. The van der Waals surface area contributed by atoms with Gasteiger partial charge in [-0.15, -0.1) is 0 Å². The van der Waals surface area contributed by atoms with E-state index >= 15 is 0 Å². The monoisotopic (exact) mass is 306 g/mol. The summed E-state index contributed by atoms with van der Waals surface area (Å²) in [6.07, 6.45) is 2.97. The van der Waals surface area contributed by atoms with Crippen molar-refractivity contribution < 1.29 is 0 Å². The Bertz CT molecular complexity index is 827. The van der Waals surface area contributed by atoms with Crippen LogP contribution in [0.1, 0.15) is 18.2 Å². The van der Waals surface area contributed by atoms with Gasteiger partial charge in [0.25, 0.3) is 0 Å². The van der Waals surface area contributed by atoms with E-state index in [0.29, 0.717) is 9.79 Å². The van der Waals surface area contributed by atoms with Crippen molar-refractivity contribution in [2.45, 2.75) is 19.9 Å². The Morgan fingerprint density at radius 3 is 2.95 bits per heavy atom. The number of aromatic nitrogens is 4. The molecule has 0 aliphatic carbocycles. The van der Waals surface area contributed by atoms with Gasteiger partial charge in [-0.1, -0.05) is 18.5 Å². The van der Waals surface area contributed by atoms with Crippen LogP contribution in [-0.4, -0.2) is 19.3 Å². The highest BCUT2D eigenvalue weighted by Crippen LogP contribution is 2.21. The maximum Gasteiger partial charge on any atom is 0.178 e. The summed E-state index contributed by atoms with van der Waals surface area (Å²) in [5, 5.41) is 5.18. The standard InChI is InChI=1S/C14H15ClN4S/c1-3-11-9(7-18(2)17-11)8-19-13-5-4-10(15)6-12(13)16-14(19)20/h4-7H,3,8H2,1-2H3,(H,16,20). The van der Waals surface area contributed by atoms with Gasteiger partial charge >= 0.3 is 0 Å². The van der Waals surface area contributed by atoms with E-state index < -0.39 is 0 Å². The molecule has 104 valence electrons. The summed E-state index contributed by atoms with van der Waals surface area (Å²) in [7, 11) is 1.94. The Balaban J connectivity index is 2.10. The quantitative estimate of drug-likeness (QED) is 0.749. The van der Waals surface area contributed by atoms with Crippen LogP contribution in [0.5, 0.6) is 0 Å². The van der Waals surface area contributed by atoms with Crippen molar-refractivity contribution in [2.75, 3.05) is 0 Å². The van der Waals surface area contributed by atoms with Crippen molar-refractivity contribution in [1.82, 2.24) is 19.3 Å². The number of imidazole rings is 1. The number of fused-ring (bicyclic) bond motifs is 1. The molecule has 4 nitrogen and oxygen atoms in total. The Morgan fingerprint density at radius 2 is 2.20 bits per heavy atom. The first-order valence-corrected chi connectivity index (χ1v) is 7.26. The summed E-state index contributed by atoms with van der Waals surface area (Å²) in [6.45, 7) is 2.83. The molecular weight excluding hydrogens is 292 g/mol. The molecule has 2 heterocycles. The number of nitrogens with zero attached hydrogens (tertiary/aromatic N) is 3. The first-order valence-electron chi connectivity index (χ1n) is 6.48. The first-order chi connectivity index (χ1) is 9.58. The third-order valence-corrected chi connectivity index (χ3v) is 3.95. The molecule has 0 bridgehead atoms. The highest BCUT2D eigenvalue weighted by molar-refractivity contribution is 7.71. The lowest BCUT2D eigenvalue weighted by molar-refractivity contribution is 0.746. The number of hydrogen-bond acceptors (Lipinski definition) is 2. The zero-order valence-corrected chi connectivity index (χ0v) is 12.9. The van der Waals surface area contributed by atoms with Crippen molar-refractivity contribution >= 4 is 34.9 Å². The molecule has 1 N–H and O–H groups in total. The number of aromatic amines is 1. The number of benzene rings is 1. The molecule has 20 heavy (non-hydrogen) atoms. The molecular formula is C14H15ClN4S. The molecule has 1 aromatic carbocycles. The summed E-state index contributed by atoms with van der Waals surface area (Å²) in [5.74, 6) is 0. The van der Waals surface area contributed by atoms with Gasteiger partial charge in [0.05, 0.1) is 23.3 Å². The van der Waals surface area contributed by atoms with Crippen molar-refractivity contribution in [3.63, 3.8) is 0 Å². The fourth-order valence-electron chi connectivity index (χ4n) is 2.48. The number of halogens is 1. The largest absolute Gasteiger partial charge is 0.331 e. The van der Waals surface area contributed by atoms with E-state index in [0.717, 1.165) is 29.7 Å². The van der Waals surface area contributed by atoms with E-state index in [9.17, 15) is 0 Å². The van der Waals surface area contributed by atoms with E-state index in [2.05, 4.69) is 27.8 Å². The zero-order chi connectivity index (χ0) is 14.3. The Labute approximate surface area is 127 Å². The molecule has 3 aromatic rings. The molecule has 0 amide bonds. The van der Waals surface area contributed by atoms with Crippen LogP contribution in [-0.2, 0) is 20.0 Å². The van der Waals surface area contributed by atoms with Gasteiger partial charge in [0.2, 0.25) is 0 Å². The first kappa shape index (κ1) is 13.4. The molecule has 0 aliphatic heterocycles. The average Bonchev–Trinajstić information content (AvgIpc) is 2.90. The SMILES string of the molecule is CCc1nn(C)cc1Cn1c(=S)[nH]c2cc(Cl)ccc21. The van der Waals surface area contributed by atoms with Crippen LogP contribution < -0.4 is 0 Å². The van der Waals surface area contributed by atoms with Crippen LogP contribution >= 0.6 is 23.8 Å². The lowest BCUT2D eigenvalue weighted by Crippen LogP contribution is -2.01. The van der Waals surface area contributed by atoms with Crippen molar-refractivity contribution in [3.05, 3.63) is 45.4 Å². The second-order valence-corrected chi connectivity index (χ2v) is 5.63. The summed E-state index contributed by atoms with van der Waals surface area (Å²) in [6, 6.07) is 5.77. The summed E-state index contributed by atoms with van der Waals surface area (Å²) in [4.78, 5) is 3.20. The van der Waals surface area contributed by atoms with Gasteiger partial charge in [-0.2, -0.15) is 5.10 Å². The summed E-state index contributed by atoms with van der Waals surface area (Å²) in [5.41, 5.74) is 4.33. The zero-order valence-electron chi connectivity index (χ0n) is 11.4. The predicted molar refractivity (Wildman–Crippen MR) is 83.8 cm³/mol. The Morgan fingerprint density at radius 1 is 1.40 bits per heavy atom. The topological polar surface area (TPSA) is 38.5 Å². The molecule has 0 unspecified atom stereocenters. The van der Waals surface area contributed by atoms with Crippen molar-refractivity contribution in [2.24, 2.45) is 7.05 Å². The van der Waals surface area contributed by atoms with Crippen LogP contribution in [0.2, 0.25) is 5.02 Å². The Hall–Kier alpha value is -1.59. The van der Waals surface area contributed by atoms with Gasteiger partial charge in [-0.3, -0.25) is 4.68 Å². The van der Waals surface area contributed by atoms with Crippen molar-refractivity contribution in [3.8, 4) is 0 Å². The van der Waals surface area contributed by atoms with Gasteiger partial charge in [0.1, 0.15) is 0 Å². The third kappa shape index (κ3) is 2.27. The normalized spacial score (nSPS) is 11.3. The highest BCUT2D eigenvalue weighted by atomic mass is 35.5. The molecule has 0 atom stereocenters. The van der Waals surface area contributed by atoms with Crippen LogP contribution in [0.4, 0.5) is 0 Å². The van der Waals surface area contributed by atoms with Crippen LogP contribution in [0.15, 0.2) is 24.4 Å². The number of rotatable bonds is 3. The molecule has 0 saturated carbocycles. The van der Waals surface area contributed by atoms with Gasteiger partial charge in [-0.25, -0.2) is 0 Å². The molecule has 0 saturated heterocycles. The lowest BCUT2D eigenvalue weighted by Gasteiger charge is -2.04. The fraction of sp³-hybridized carbons (Fsp3) is 0.286. The molecule has 0 radical (unpaired) electrons. The highest BCUT2D eigenvalue weighted by Gasteiger charge is 2.10. The molecule has 0 fully saturated rings. The van der Waals surface area contributed by atoms with Gasteiger partial charge in [0.15, 0.2) is 4.77 Å². The van der Waals surface area contributed by atoms with Crippen molar-refractivity contribution in [1.29, 1.82) is 0 Å². The maximum atomic E-state index is 6.01. The predicted octanol–water partition coefficient (Wildman–Crippen LogP) is 3.70. The molecule has 3 rings (SSSR count). The number of hydrogen-bond donors (Lipinski definition) is 1. The van der Waals surface area contributed by atoms with E-state index in [4.69, 9.17) is 23.8 Å². The summed E-state index contributed by atoms with van der Waals surface area (Å²) >= 11 is 11.4. The minimum atomic E-state index is 0.702. The van der Waals surface area contributed by atoms with Crippen LogP contribution in [0.3, 0.4) is 0 Å². The minimum Gasteiger partial charge on any atom is -0.331 e. The fourth-order valence-corrected chi connectivity index (χ4v) is 2.92. The van der Waals surface area contributed by atoms with Gasteiger partial charge < -0.3 is 9.55 Å². The number of H-pyrrole nitrogens is 1. The van der Waals surface area contributed by atoms with E-state index in [1.165, 1.54) is 5.56 Å². The van der Waals surface area contributed by atoms with Gasteiger partial charge in [0, 0.05) is 23.8 Å². The molecule has 6 heteroatoms. The van der Waals surface area contributed by atoms with Crippen LogP contribution in [0, 0.1) is 4.77 Å². The molecule has 0 aliphatic rings. The second-order valence-electron chi connectivity index (χ2n) is 4.81. The minimum absolute atomic E-state index is 0.702.